The van der Waals surface area contributed by atoms with Crippen molar-refractivity contribution in [3.63, 3.8) is 0 Å². The lowest BCUT2D eigenvalue weighted by atomic mass is 10.0. The third kappa shape index (κ3) is 3.28. The summed E-state index contributed by atoms with van der Waals surface area (Å²) in [6.45, 7) is 1.09. The van der Waals surface area contributed by atoms with Crippen LogP contribution in [0.25, 0.3) is 0 Å². The van der Waals surface area contributed by atoms with E-state index in [0.29, 0.717) is 19.1 Å². The number of benzene rings is 1. The highest BCUT2D eigenvalue weighted by molar-refractivity contribution is 5.78. The smallest absolute Gasteiger partial charge is 0.189 e. The standard InChI is InChI=1S/C15H17N5O/c16-15(17-10-11-4-3-8-18-20-11)19-13-7-9-21-14-6-2-1-5-12(13)14/h1-6,8,13H,7,9-10H2,(H3,16,17,19). The molecular weight excluding hydrogens is 266 g/mol. The van der Waals surface area contributed by atoms with Crippen LogP contribution in [0, 0.1) is 0 Å². The molecule has 6 heteroatoms. The predicted octanol–water partition coefficient (Wildman–Crippen LogP) is 1.40. The van der Waals surface area contributed by atoms with E-state index >= 15 is 0 Å². The molecule has 1 aliphatic heterocycles. The molecule has 1 unspecified atom stereocenters. The van der Waals surface area contributed by atoms with E-state index < -0.39 is 0 Å². The number of nitrogens with zero attached hydrogens (tertiary/aromatic N) is 3. The Morgan fingerprint density at radius 3 is 3.10 bits per heavy atom. The molecule has 0 radical (unpaired) electrons. The van der Waals surface area contributed by atoms with Gasteiger partial charge in [0.1, 0.15) is 5.75 Å². The Labute approximate surface area is 123 Å². The Balaban J connectivity index is 1.67. The summed E-state index contributed by atoms with van der Waals surface area (Å²) >= 11 is 0. The number of nitrogens with one attached hydrogen (secondary N) is 1. The van der Waals surface area contributed by atoms with E-state index in [0.717, 1.165) is 23.4 Å². The highest BCUT2D eigenvalue weighted by atomic mass is 16.5. The van der Waals surface area contributed by atoms with Crippen molar-refractivity contribution in [2.75, 3.05) is 6.61 Å². The average Bonchev–Trinajstić information content (AvgIpc) is 2.54. The Kier molecular flexibility index (Phi) is 3.95. The molecule has 0 bridgehead atoms. The van der Waals surface area contributed by atoms with E-state index in [-0.39, 0.29) is 6.04 Å². The van der Waals surface area contributed by atoms with E-state index in [1.54, 1.807) is 6.20 Å². The van der Waals surface area contributed by atoms with Gasteiger partial charge in [0.25, 0.3) is 0 Å². The molecule has 3 N–H and O–H groups in total. The van der Waals surface area contributed by atoms with Crippen molar-refractivity contribution in [3.05, 3.63) is 53.9 Å². The van der Waals surface area contributed by atoms with Crippen LogP contribution in [-0.2, 0) is 6.54 Å². The summed E-state index contributed by atoms with van der Waals surface area (Å²) < 4.78 is 5.63. The van der Waals surface area contributed by atoms with Crippen molar-refractivity contribution in [2.45, 2.75) is 19.0 Å². The Morgan fingerprint density at radius 2 is 2.24 bits per heavy atom. The molecular formula is C15H17N5O. The fourth-order valence-electron chi connectivity index (χ4n) is 2.30. The number of nitrogens with two attached hydrogens (primary N) is 1. The minimum absolute atomic E-state index is 0.126. The number of aromatic nitrogens is 2. The van der Waals surface area contributed by atoms with Crippen molar-refractivity contribution in [1.82, 2.24) is 15.5 Å². The number of ether oxygens (including phenoxy) is 1. The maximum absolute atomic E-state index is 5.96. The zero-order valence-electron chi connectivity index (χ0n) is 11.6. The fraction of sp³-hybridized carbons (Fsp3) is 0.267. The molecule has 2 heterocycles. The second-order valence-corrected chi connectivity index (χ2v) is 4.79. The van der Waals surface area contributed by atoms with E-state index in [9.17, 15) is 0 Å². The third-order valence-electron chi connectivity index (χ3n) is 3.32. The molecule has 2 aromatic rings. The summed E-state index contributed by atoms with van der Waals surface area (Å²) in [6.07, 6.45) is 2.49. The Morgan fingerprint density at radius 1 is 1.33 bits per heavy atom. The van der Waals surface area contributed by atoms with Crippen molar-refractivity contribution < 1.29 is 4.74 Å². The van der Waals surface area contributed by atoms with Crippen LogP contribution < -0.4 is 15.8 Å². The van der Waals surface area contributed by atoms with Gasteiger partial charge in [-0.05, 0) is 18.2 Å². The van der Waals surface area contributed by atoms with E-state index in [4.69, 9.17) is 10.5 Å². The highest BCUT2D eigenvalue weighted by Gasteiger charge is 2.21. The van der Waals surface area contributed by atoms with Crippen LogP contribution in [0.2, 0.25) is 0 Å². The maximum Gasteiger partial charge on any atom is 0.189 e. The topological polar surface area (TPSA) is 85.4 Å². The Hall–Kier alpha value is -2.63. The van der Waals surface area contributed by atoms with Crippen LogP contribution in [0.1, 0.15) is 23.7 Å². The average molecular weight is 283 g/mol. The first-order valence-electron chi connectivity index (χ1n) is 6.87. The van der Waals surface area contributed by atoms with Crippen LogP contribution >= 0.6 is 0 Å². The molecule has 1 atom stereocenters. The summed E-state index contributed by atoms with van der Waals surface area (Å²) in [5.74, 6) is 1.31. The lowest BCUT2D eigenvalue weighted by Crippen LogP contribution is -2.37. The van der Waals surface area contributed by atoms with E-state index in [2.05, 4.69) is 20.5 Å². The molecule has 0 aliphatic carbocycles. The summed E-state index contributed by atoms with van der Waals surface area (Å²) in [4.78, 5) is 4.30. The fourth-order valence-corrected chi connectivity index (χ4v) is 2.30. The number of rotatable bonds is 3. The summed E-state index contributed by atoms with van der Waals surface area (Å²) in [7, 11) is 0. The van der Waals surface area contributed by atoms with Gasteiger partial charge in [-0.25, -0.2) is 4.99 Å². The number of hydrogen-bond acceptors (Lipinski definition) is 4. The maximum atomic E-state index is 5.96. The summed E-state index contributed by atoms with van der Waals surface area (Å²) in [5.41, 5.74) is 7.86. The SMILES string of the molecule is NC(=NCc1cccnn1)NC1CCOc2ccccc21. The number of fused-ring (bicyclic) bond motifs is 1. The molecule has 0 amide bonds. The van der Waals surface area contributed by atoms with Crippen molar-refractivity contribution in [3.8, 4) is 5.75 Å². The van der Waals surface area contributed by atoms with Crippen LogP contribution in [-0.4, -0.2) is 22.8 Å². The van der Waals surface area contributed by atoms with Crippen LogP contribution in [0.3, 0.4) is 0 Å². The number of aliphatic imine (C=N–C) groups is 1. The molecule has 1 aliphatic rings. The van der Waals surface area contributed by atoms with Crippen LogP contribution in [0.5, 0.6) is 5.75 Å². The second kappa shape index (κ2) is 6.21. The van der Waals surface area contributed by atoms with Crippen LogP contribution in [0.4, 0.5) is 0 Å². The molecule has 3 rings (SSSR count). The molecule has 0 saturated heterocycles. The van der Waals surface area contributed by atoms with Gasteiger partial charge in [0.05, 0.1) is 24.9 Å². The van der Waals surface area contributed by atoms with Gasteiger partial charge in [-0.1, -0.05) is 18.2 Å². The van der Waals surface area contributed by atoms with Gasteiger partial charge in [-0.15, -0.1) is 0 Å². The zero-order chi connectivity index (χ0) is 14.5. The molecule has 21 heavy (non-hydrogen) atoms. The molecule has 0 spiro atoms. The normalized spacial score (nSPS) is 17.7. The Bertz CT molecular complexity index is 629. The highest BCUT2D eigenvalue weighted by Crippen LogP contribution is 2.31. The molecule has 108 valence electrons. The van der Waals surface area contributed by atoms with E-state index in [1.807, 2.05) is 36.4 Å². The number of para-hydroxylation sites is 1. The van der Waals surface area contributed by atoms with E-state index in [1.165, 1.54) is 0 Å². The molecule has 6 nitrogen and oxygen atoms in total. The zero-order valence-corrected chi connectivity index (χ0v) is 11.6. The minimum atomic E-state index is 0.126. The van der Waals surface area contributed by atoms with Gasteiger partial charge in [0.2, 0.25) is 0 Å². The lowest BCUT2D eigenvalue weighted by Gasteiger charge is -2.26. The van der Waals surface area contributed by atoms with Gasteiger partial charge in [0.15, 0.2) is 5.96 Å². The van der Waals surface area contributed by atoms with Gasteiger partial charge in [-0.2, -0.15) is 10.2 Å². The first-order chi connectivity index (χ1) is 10.3. The first-order valence-corrected chi connectivity index (χ1v) is 6.87. The van der Waals surface area contributed by atoms with Gasteiger partial charge >= 0.3 is 0 Å². The number of guanidine groups is 1. The lowest BCUT2D eigenvalue weighted by molar-refractivity contribution is 0.262. The molecule has 1 aromatic heterocycles. The van der Waals surface area contributed by atoms with Crippen LogP contribution in [0.15, 0.2) is 47.6 Å². The first kappa shape index (κ1) is 13.4. The van der Waals surface area contributed by atoms with Crippen molar-refractivity contribution >= 4 is 5.96 Å². The van der Waals surface area contributed by atoms with Crippen molar-refractivity contribution in [2.24, 2.45) is 10.7 Å². The quantitative estimate of drug-likeness (QED) is 0.657. The molecule has 1 aromatic carbocycles. The van der Waals surface area contributed by atoms with Gasteiger partial charge in [0, 0.05) is 18.2 Å². The summed E-state index contributed by atoms with van der Waals surface area (Å²) in [5, 5.41) is 11.0. The number of hydrogen-bond donors (Lipinski definition) is 2. The minimum Gasteiger partial charge on any atom is -0.493 e. The second-order valence-electron chi connectivity index (χ2n) is 4.79. The van der Waals surface area contributed by atoms with Gasteiger partial charge in [-0.3, -0.25) is 0 Å². The predicted molar refractivity (Wildman–Crippen MR) is 79.8 cm³/mol. The molecule has 0 saturated carbocycles. The van der Waals surface area contributed by atoms with Gasteiger partial charge < -0.3 is 15.8 Å². The largest absolute Gasteiger partial charge is 0.493 e. The monoisotopic (exact) mass is 283 g/mol. The van der Waals surface area contributed by atoms with Crippen molar-refractivity contribution in [1.29, 1.82) is 0 Å². The molecule has 0 fully saturated rings. The third-order valence-corrected chi connectivity index (χ3v) is 3.32. The summed E-state index contributed by atoms with van der Waals surface area (Å²) in [6, 6.07) is 11.8.